The normalized spacial score (nSPS) is 11.5. The minimum absolute atomic E-state index is 0.0705. The Bertz CT molecular complexity index is 1520. The first kappa shape index (κ1) is 30.8. The van der Waals surface area contributed by atoms with Crippen LogP contribution >= 0.6 is 0 Å². The van der Waals surface area contributed by atoms with E-state index in [9.17, 15) is 14.4 Å². The maximum Gasteiger partial charge on any atom is 0.328 e. The summed E-state index contributed by atoms with van der Waals surface area (Å²) >= 11 is 0. The van der Waals surface area contributed by atoms with Crippen LogP contribution < -0.4 is 15.0 Å². The second-order valence-corrected chi connectivity index (χ2v) is 9.84. The van der Waals surface area contributed by atoms with E-state index in [4.69, 9.17) is 9.47 Å². The molecule has 0 saturated carbocycles. The monoisotopic (exact) mass is 576 g/mol. The van der Waals surface area contributed by atoms with Crippen molar-refractivity contribution in [3.05, 3.63) is 138 Å². The molecule has 220 valence electrons. The zero-order valence-electron chi connectivity index (χ0n) is 24.4. The summed E-state index contributed by atoms with van der Waals surface area (Å²) in [5.74, 6) is 0.0553. The van der Waals surface area contributed by atoms with Gasteiger partial charge in [0, 0.05) is 35.5 Å². The molecule has 0 bridgehead atoms. The first-order valence-corrected chi connectivity index (χ1v) is 14.2. The molecule has 0 aliphatic carbocycles. The number of anilines is 2. The highest BCUT2D eigenvalue weighted by Gasteiger charge is 2.22. The van der Waals surface area contributed by atoms with Gasteiger partial charge in [0.1, 0.15) is 11.8 Å². The number of ketones is 1. The van der Waals surface area contributed by atoms with E-state index in [-0.39, 0.29) is 11.7 Å². The van der Waals surface area contributed by atoms with E-state index in [0.29, 0.717) is 48.6 Å². The lowest BCUT2D eigenvalue weighted by Crippen LogP contribution is -2.33. The summed E-state index contributed by atoms with van der Waals surface area (Å²) in [5, 5.41) is 3.23. The number of hydrogen-bond donors (Lipinski definition) is 1. The molecule has 1 amide bonds. The number of rotatable bonds is 14. The predicted octanol–water partition coefficient (Wildman–Crippen LogP) is 6.49. The molecule has 0 spiro atoms. The number of allylic oxidation sites excluding steroid dienone is 1. The number of para-hydroxylation sites is 2. The van der Waals surface area contributed by atoms with Crippen molar-refractivity contribution in [2.45, 2.75) is 25.8 Å². The number of carbonyl (C=O) groups excluding carboxylic acids is 3. The number of esters is 1. The summed E-state index contributed by atoms with van der Waals surface area (Å²) in [6.45, 7) is 2.78. The van der Waals surface area contributed by atoms with E-state index in [0.717, 1.165) is 11.3 Å². The van der Waals surface area contributed by atoms with Crippen molar-refractivity contribution in [1.82, 2.24) is 0 Å². The third-order valence-electron chi connectivity index (χ3n) is 6.82. The van der Waals surface area contributed by atoms with Crippen LogP contribution in [0.15, 0.2) is 121 Å². The Hall–Kier alpha value is -5.17. The minimum Gasteiger partial charge on any atom is -0.494 e. The fraction of sp³-hybridized carbons (Fsp3) is 0.194. The number of amides is 1. The van der Waals surface area contributed by atoms with E-state index in [1.54, 1.807) is 47.4 Å². The molecule has 0 aromatic heterocycles. The van der Waals surface area contributed by atoms with Gasteiger partial charge in [0.25, 0.3) is 5.91 Å². The molecule has 0 unspecified atom stereocenters. The lowest BCUT2D eigenvalue weighted by Gasteiger charge is -2.21. The number of carbonyl (C=O) groups is 3. The molecular formula is C36H36N2O5. The molecule has 0 radical (unpaired) electrons. The molecule has 0 fully saturated rings. The van der Waals surface area contributed by atoms with Gasteiger partial charge in [-0.1, -0.05) is 78.9 Å². The molecule has 0 aliphatic heterocycles. The third-order valence-corrected chi connectivity index (χ3v) is 6.82. The quantitative estimate of drug-likeness (QED) is 0.0799. The van der Waals surface area contributed by atoms with Crippen molar-refractivity contribution in [1.29, 1.82) is 0 Å². The lowest BCUT2D eigenvalue weighted by molar-refractivity contribution is -0.141. The summed E-state index contributed by atoms with van der Waals surface area (Å²) in [6.07, 6.45) is 4.29. The van der Waals surface area contributed by atoms with Gasteiger partial charge in [-0.05, 0) is 61.4 Å². The Morgan fingerprint density at radius 3 is 2.16 bits per heavy atom. The molecule has 0 aliphatic rings. The minimum atomic E-state index is -0.708. The Balaban J connectivity index is 1.37. The van der Waals surface area contributed by atoms with Gasteiger partial charge in [-0.25, -0.2) is 4.79 Å². The van der Waals surface area contributed by atoms with Crippen LogP contribution in [0.2, 0.25) is 0 Å². The van der Waals surface area contributed by atoms with Crippen molar-refractivity contribution in [2.24, 2.45) is 0 Å². The molecule has 7 nitrogen and oxygen atoms in total. The second-order valence-electron chi connectivity index (χ2n) is 9.84. The Morgan fingerprint density at radius 2 is 1.49 bits per heavy atom. The highest BCUT2D eigenvalue weighted by molar-refractivity contribution is 6.12. The predicted molar refractivity (Wildman–Crippen MR) is 170 cm³/mol. The van der Waals surface area contributed by atoms with Crippen LogP contribution in [0.1, 0.15) is 34.8 Å². The van der Waals surface area contributed by atoms with Gasteiger partial charge in [0.2, 0.25) is 0 Å². The fourth-order valence-electron chi connectivity index (χ4n) is 4.65. The molecular weight excluding hydrogens is 540 g/mol. The smallest absolute Gasteiger partial charge is 0.328 e. The van der Waals surface area contributed by atoms with Gasteiger partial charge in [-0.2, -0.15) is 0 Å². The molecule has 4 aromatic carbocycles. The summed E-state index contributed by atoms with van der Waals surface area (Å²) in [7, 11) is 1.35. The van der Waals surface area contributed by atoms with Gasteiger partial charge in [0.05, 0.1) is 13.7 Å². The summed E-state index contributed by atoms with van der Waals surface area (Å²) < 4.78 is 11.0. The van der Waals surface area contributed by atoms with E-state index in [1.807, 2.05) is 85.8 Å². The molecule has 1 atom stereocenters. The van der Waals surface area contributed by atoms with Gasteiger partial charge in [-0.15, -0.1) is 0 Å². The SMILES string of the molecule is C/C=C/C(=O)N(CCCOc1ccc(C[C@H](Nc2ccccc2C(=O)c2ccccc2)C(=O)OC)cc1)c1ccccc1. The average Bonchev–Trinajstić information content (AvgIpc) is 3.05. The second kappa shape index (κ2) is 15.7. The van der Waals surface area contributed by atoms with Crippen molar-refractivity contribution >= 4 is 29.0 Å². The van der Waals surface area contributed by atoms with Crippen LogP contribution in [0.4, 0.5) is 11.4 Å². The number of nitrogens with zero attached hydrogens (tertiary/aromatic N) is 1. The van der Waals surface area contributed by atoms with Gasteiger partial charge < -0.3 is 19.7 Å². The maximum absolute atomic E-state index is 13.2. The summed E-state index contributed by atoms with van der Waals surface area (Å²) in [4.78, 5) is 40.2. The van der Waals surface area contributed by atoms with E-state index in [1.165, 1.54) is 7.11 Å². The van der Waals surface area contributed by atoms with Crippen LogP contribution in [0, 0.1) is 0 Å². The first-order chi connectivity index (χ1) is 21.0. The van der Waals surface area contributed by atoms with Crippen molar-refractivity contribution in [3.8, 4) is 5.75 Å². The van der Waals surface area contributed by atoms with Crippen molar-refractivity contribution in [2.75, 3.05) is 30.5 Å². The molecule has 43 heavy (non-hydrogen) atoms. The molecule has 4 rings (SSSR count). The number of ether oxygens (including phenoxy) is 2. The molecule has 7 heteroatoms. The molecule has 4 aromatic rings. The standard InChI is InChI=1S/C36H36N2O5/c1-3-13-34(39)38(29-16-8-5-9-17-29)24-12-25-43-30-22-20-27(21-23-30)26-33(36(41)42-2)37-32-19-11-10-18-31(32)35(40)28-14-6-4-7-15-28/h3-11,13-23,33,37H,12,24-26H2,1-2H3/b13-3+/t33-/m0/s1. The number of benzene rings is 4. The fourth-order valence-corrected chi connectivity index (χ4v) is 4.65. The first-order valence-electron chi connectivity index (χ1n) is 14.2. The molecule has 1 N–H and O–H groups in total. The van der Waals surface area contributed by atoms with Crippen LogP contribution in [0.5, 0.6) is 5.75 Å². The largest absolute Gasteiger partial charge is 0.494 e. The van der Waals surface area contributed by atoms with E-state index >= 15 is 0 Å². The van der Waals surface area contributed by atoms with E-state index < -0.39 is 12.0 Å². The zero-order valence-corrected chi connectivity index (χ0v) is 24.4. The maximum atomic E-state index is 13.2. The topological polar surface area (TPSA) is 84.9 Å². The number of methoxy groups -OCH3 is 1. The van der Waals surface area contributed by atoms with Crippen LogP contribution in [0.3, 0.4) is 0 Å². The van der Waals surface area contributed by atoms with Gasteiger partial charge in [0.15, 0.2) is 5.78 Å². The van der Waals surface area contributed by atoms with Crippen LogP contribution in [-0.4, -0.2) is 44.0 Å². The van der Waals surface area contributed by atoms with E-state index in [2.05, 4.69) is 5.32 Å². The zero-order chi connectivity index (χ0) is 30.4. The van der Waals surface area contributed by atoms with Crippen LogP contribution in [0.25, 0.3) is 0 Å². The Labute approximate surface area is 252 Å². The highest BCUT2D eigenvalue weighted by Crippen LogP contribution is 2.22. The highest BCUT2D eigenvalue weighted by atomic mass is 16.5. The molecule has 0 heterocycles. The average molecular weight is 577 g/mol. The van der Waals surface area contributed by atoms with Gasteiger partial charge in [-0.3, -0.25) is 9.59 Å². The van der Waals surface area contributed by atoms with Crippen molar-refractivity contribution in [3.63, 3.8) is 0 Å². The number of hydrogen-bond acceptors (Lipinski definition) is 6. The van der Waals surface area contributed by atoms with Crippen molar-refractivity contribution < 1.29 is 23.9 Å². The summed E-state index contributed by atoms with van der Waals surface area (Å²) in [6, 6.07) is 32.6. The Kier molecular flexibility index (Phi) is 11.3. The third kappa shape index (κ3) is 8.66. The van der Waals surface area contributed by atoms with Gasteiger partial charge >= 0.3 is 5.97 Å². The lowest BCUT2D eigenvalue weighted by atomic mass is 10.00. The number of nitrogens with one attached hydrogen (secondary N) is 1. The summed E-state index contributed by atoms with van der Waals surface area (Å²) in [5.41, 5.74) is 3.35. The molecule has 0 saturated heterocycles. The Morgan fingerprint density at radius 1 is 0.837 bits per heavy atom. The van der Waals surface area contributed by atoms with Crippen LogP contribution in [-0.2, 0) is 20.7 Å².